The van der Waals surface area contributed by atoms with Crippen LogP contribution in [0.15, 0.2) is 12.3 Å². The van der Waals surface area contributed by atoms with E-state index in [1.807, 2.05) is 0 Å². The van der Waals surface area contributed by atoms with Gasteiger partial charge in [0.15, 0.2) is 0 Å². The molecule has 6 nitrogen and oxygen atoms in total. The molecule has 0 amide bonds. The molecule has 0 aliphatic rings. The number of carbonyl (C=O) groups excluding carboxylic acids is 1. The molecular formula is C9H10N2O4. The molecule has 0 saturated carbocycles. The summed E-state index contributed by atoms with van der Waals surface area (Å²) in [7, 11) is 0. The predicted molar refractivity (Wildman–Crippen MR) is 51.6 cm³/mol. The van der Waals surface area contributed by atoms with Gasteiger partial charge in [0.05, 0.1) is 11.5 Å². The highest BCUT2D eigenvalue weighted by molar-refractivity contribution is 5.87. The van der Waals surface area contributed by atoms with E-state index in [-0.39, 0.29) is 18.0 Å². The Morgan fingerprint density at radius 2 is 2.33 bits per heavy atom. The molecule has 1 aromatic heterocycles. The number of nitrogens with zero attached hydrogens (tertiary/aromatic N) is 2. The van der Waals surface area contributed by atoms with E-state index >= 15 is 0 Å². The third kappa shape index (κ3) is 2.49. The predicted octanol–water partition coefficient (Wildman–Crippen LogP) is 1.47. The number of rotatable bonds is 3. The fourth-order valence-corrected chi connectivity index (χ4v) is 1.06. The number of ether oxygens (including phenoxy) is 1. The maximum absolute atomic E-state index is 11.2. The average molecular weight is 210 g/mol. The zero-order chi connectivity index (χ0) is 11.4. The lowest BCUT2D eigenvalue weighted by Crippen LogP contribution is -2.08. The molecule has 0 saturated heterocycles. The van der Waals surface area contributed by atoms with Crippen molar-refractivity contribution < 1.29 is 14.5 Å². The van der Waals surface area contributed by atoms with Gasteiger partial charge < -0.3 is 4.74 Å². The van der Waals surface area contributed by atoms with Crippen molar-refractivity contribution >= 4 is 11.7 Å². The van der Waals surface area contributed by atoms with Crippen LogP contribution in [0.3, 0.4) is 0 Å². The van der Waals surface area contributed by atoms with E-state index in [0.29, 0.717) is 5.56 Å². The van der Waals surface area contributed by atoms with Crippen LogP contribution in [0.25, 0.3) is 0 Å². The summed E-state index contributed by atoms with van der Waals surface area (Å²) in [4.78, 5) is 24.8. The summed E-state index contributed by atoms with van der Waals surface area (Å²) in [6.07, 6.45) is 1.06. The maximum Gasteiger partial charge on any atom is 0.356 e. The van der Waals surface area contributed by atoms with Crippen molar-refractivity contribution in [3.63, 3.8) is 0 Å². The van der Waals surface area contributed by atoms with Gasteiger partial charge in [-0.1, -0.05) is 0 Å². The van der Waals surface area contributed by atoms with Crippen LogP contribution in [0.4, 0.5) is 5.69 Å². The molecule has 0 aromatic carbocycles. The molecular weight excluding hydrogens is 200 g/mol. The van der Waals surface area contributed by atoms with E-state index in [1.165, 1.54) is 6.07 Å². The Morgan fingerprint density at radius 3 is 2.80 bits per heavy atom. The van der Waals surface area contributed by atoms with E-state index in [0.717, 1.165) is 6.20 Å². The van der Waals surface area contributed by atoms with Crippen LogP contribution >= 0.6 is 0 Å². The van der Waals surface area contributed by atoms with Crippen LogP contribution < -0.4 is 0 Å². The first-order valence-electron chi connectivity index (χ1n) is 4.34. The van der Waals surface area contributed by atoms with E-state index in [1.54, 1.807) is 13.8 Å². The number of aryl methyl sites for hydroxylation is 1. The van der Waals surface area contributed by atoms with E-state index in [9.17, 15) is 14.9 Å². The van der Waals surface area contributed by atoms with Gasteiger partial charge in [0.1, 0.15) is 11.9 Å². The van der Waals surface area contributed by atoms with Gasteiger partial charge in [0, 0.05) is 5.56 Å². The second kappa shape index (κ2) is 4.50. The molecule has 80 valence electrons. The molecule has 1 rings (SSSR count). The second-order valence-electron chi connectivity index (χ2n) is 2.83. The highest BCUT2D eigenvalue weighted by atomic mass is 16.6. The van der Waals surface area contributed by atoms with Crippen LogP contribution in [-0.2, 0) is 4.74 Å². The fourth-order valence-electron chi connectivity index (χ4n) is 1.06. The Morgan fingerprint density at radius 1 is 1.67 bits per heavy atom. The van der Waals surface area contributed by atoms with Crippen LogP contribution in [0, 0.1) is 17.0 Å². The molecule has 6 heteroatoms. The Balaban J connectivity index is 3.01. The molecule has 0 fully saturated rings. The van der Waals surface area contributed by atoms with Gasteiger partial charge in [0.25, 0.3) is 5.69 Å². The van der Waals surface area contributed by atoms with Gasteiger partial charge in [-0.25, -0.2) is 9.78 Å². The molecule has 0 spiro atoms. The van der Waals surface area contributed by atoms with Gasteiger partial charge in [-0.2, -0.15) is 0 Å². The van der Waals surface area contributed by atoms with Crippen molar-refractivity contribution in [3.05, 3.63) is 33.6 Å². The maximum atomic E-state index is 11.2. The van der Waals surface area contributed by atoms with Crippen molar-refractivity contribution in [1.82, 2.24) is 4.98 Å². The lowest BCUT2D eigenvalue weighted by molar-refractivity contribution is -0.385. The highest BCUT2D eigenvalue weighted by Crippen LogP contribution is 2.16. The topological polar surface area (TPSA) is 82.3 Å². The van der Waals surface area contributed by atoms with Gasteiger partial charge >= 0.3 is 5.97 Å². The molecule has 0 aliphatic heterocycles. The quantitative estimate of drug-likeness (QED) is 0.428. The summed E-state index contributed by atoms with van der Waals surface area (Å²) in [5.74, 6) is -0.574. The molecule has 0 N–H and O–H groups in total. The van der Waals surface area contributed by atoms with Gasteiger partial charge in [0.2, 0.25) is 0 Å². The fraction of sp³-hybridized carbons (Fsp3) is 0.333. The molecule has 0 atom stereocenters. The number of nitro groups is 1. The van der Waals surface area contributed by atoms with Gasteiger partial charge in [-0.05, 0) is 19.9 Å². The second-order valence-corrected chi connectivity index (χ2v) is 2.83. The summed E-state index contributed by atoms with van der Waals surface area (Å²) in [6.45, 7) is 3.47. The normalized spacial score (nSPS) is 9.73. The first-order valence-corrected chi connectivity index (χ1v) is 4.34. The zero-order valence-electron chi connectivity index (χ0n) is 8.39. The lowest BCUT2D eigenvalue weighted by Gasteiger charge is -2.01. The Hall–Kier alpha value is -1.98. The summed E-state index contributed by atoms with van der Waals surface area (Å²) in [5.41, 5.74) is 0.362. The van der Waals surface area contributed by atoms with Gasteiger partial charge in [-0.3, -0.25) is 10.1 Å². The van der Waals surface area contributed by atoms with Crippen molar-refractivity contribution in [1.29, 1.82) is 0 Å². The summed E-state index contributed by atoms with van der Waals surface area (Å²) >= 11 is 0. The number of pyridine rings is 1. The number of hydrogen-bond donors (Lipinski definition) is 0. The third-order valence-electron chi connectivity index (χ3n) is 1.76. The monoisotopic (exact) mass is 210 g/mol. The van der Waals surface area contributed by atoms with Crippen LogP contribution in [0.2, 0.25) is 0 Å². The third-order valence-corrected chi connectivity index (χ3v) is 1.76. The van der Waals surface area contributed by atoms with Gasteiger partial charge in [-0.15, -0.1) is 0 Å². The first kappa shape index (κ1) is 11.1. The SMILES string of the molecule is CCOC(=O)c1cc(C)c([N+](=O)[O-])cn1. The first-order chi connectivity index (χ1) is 7.06. The van der Waals surface area contributed by atoms with Crippen LogP contribution in [-0.4, -0.2) is 22.5 Å². The molecule has 1 aromatic rings. The molecule has 0 aliphatic carbocycles. The largest absolute Gasteiger partial charge is 0.461 e. The van der Waals surface area contributed by atoms with E-state index < -0.39 is 10.9 Å². The standard InChI is InChI=1S/C9H10N2O4/c1-3-15-9(12)7-4-6(2)8(5-10-7)11(13)14/h4-5H,3H2,1-2H3. The van der Waals surface area contributed by atoms with E-state index in [4.69, 9.17) is 4.74 Å². The number of hydrogen-bond acceptors (Lipinski definition) is 5. The summed E-state index contributed by atoms with van der Waals surface area (Å²) in [5, 5.41) is 10.5. The van der Waals surface area contributed by atoms with Crippen LogP contribution in [0.1, 0.15) is 23.0 Å². The molecule has 15 heavy (non-hydrogen) atoms. The Kier molecular flexibility index (Phi) is 3.33. The number of esters is 1. The number of aromatic nitrogens is 1. The summed E-state index contributed by atoms with van der Waals surface area (Å²) in [6, 6.07) is 1.34. The van der Waals surface area contributed by atoms with Crippen molar-refractivity contribution in [3.8, 4) is 0 Å². The van der Waals surface area contributed by atoms with E-state index in [2.05, 4.69) is 4.98 Å². The molecule has 0 radical (unpaired) electrons. The van der Waals surface area contributed by atoms with Crippen molar-refractivity contribution in [2.45, 2.75) is 13.8 Å². The minimum absolute atomic E-state index is 0.0833. The number of carbonyl (C=O) groups is 1. The molecule has 1 heterocycles. The Bertz CT molecular complexity index is 403. The van der Waals surface area contributed by atoms with Crippen LogP contribution in [0.5, 0.6) is 0 Å². The zero-order valence-corrected chi connectivity index (χ0v) is 8.39. The minimum Gasteiger partial charge on any atom is -0.461 e. The smallest absolute Gasteiger partial charge is 0.356 e. The molecule has 0 unspecified atom stereocenters. The average Bonchev–Trinajstić information content (AvgIpc) is 2.17. The van der Waals surface area contributed by atoms with Crippen molar-refractivity contribution in [2.75, 3.05) is 6.61 Å². The lowest BCUT2D eigenvalue weighted by atomic mass is 10.2. The molecule has 0 bridgehead atoms. The summed E-state index contributed by atoms with van der Waals surface area (Å²) < 4.78 is 4.71. The highest BCUT2D eigenvalue weighted by Gasteiger charge is 2.15. The Labute approximate surface area is 86.0 Å². The minimum atomic E-state index is -0.574. The van der Waals surface area contributed by atoms with Crippen molar-refractivity contribution in [2.24, 2.45) is 0 Å².